The molecule has 4 nitrogen and oxygen atoms in total. The van der Waals surface area contributed by atoms with E-state index in [4.69, 9.17) is 9.84 Å². The van der Waals surface area contributed by atoms with Crippen molar-refractivity contribution in [2.24, 2.45) is 5.41 Å². The lowest BCUT2D eigenvalue weighted by Crippen LogP contribution is -2.30. The van der Waals surface area contributed by atoms with Crippen LogP contribution in [0.2, 0.25) is 0 Å². The molecule has 1 aromatic carbocycles. The van der Waals surface area contributed by atoms with Gasteiger partial charge in [0.25, 0.3) is 0 Å². The first-order chi connectivity index (χ1) is 7.83. The van der Waals surface area contributed by atoms with Crippen molar-refractivity contribution in [3.05, 3.63) is 29.8 Å². The SMILES string of the molecule is CC(=O)c1cccc(OCC(C)(C)C(=O)O)c1. The van der Waals surface area contributed by atoms with Gasteiger partial charge in [-0.3, -0.25) is 9.59 Å². The van der Waals surface area contributed by atoms with Gasteiger partial charge in [0.05, 0.1) is 5.41 Å². The van der Waals surface area contributed by atoms with Crippen LogP contribution >= 0.6 is 0 Å². The normalized spacial score (nSPS) is 11.0. The average Bonchev–Trinajstić information content (AvgIpc) is 2.26. The molecule has 0 aromatic heterocycles. The number of Topliss-reactive ketones (excluding diaryl/α,β-unsaturated/α-hetero) is 1. The highest BCUT2D eigenvalue weighted by Crippen LogP contribution is 2.20. The molecule has 0 saturated heterocycles. The summed E-state index contributed by atoms with van der Waals surface area (Å²) in [6, 6.07) is 6.71. The van der Waals surface area contributed by atoms with E-state index in [1.54, 1.807) is 38.1 Å². The van der Waals surface area contributed by atoms with E-state index in [-0.39, 0.29) is 12.4 Å². The smallest absolute Gasteiger partial charge is 0.312 e. The summed E-state index contributed by atoms with van der Waals surface area (Å²) >= 11 is 0. The van der Waals surface area contributed by atoms with Crippen LogP contribution in [0.1, 0.15) is 31.1 Å². The number of aliphatic carboxylic acids is 1. The van der Waals surface area contributed by atoms with E-state index in [1.807, 2.05) is 0 Å². The highest BCUT2D eigenvalue weighted by molar-refractivity contribution is 5.94. The summed E-state index contributed by atoms with van der Waals surface area (Å²) in [5.41, 5.74) is -0.401. The Labute approximate surface area is 100 Å². The van der Waals surface area contributed by atoms with Crippen molar-refractivity contribution in [1.82, 2.24) is 0 Å². The van der Waals surface area contributed by atoms with Gasteiger partial charge in [-0.05, 0) is 32.9 Å². The third-order valence-electron chi connectivity index (χ3n) is 2.42. The Balaban J connectivity index is 2.73. The molecular weight excluding hydrogens is 220 g/mol. The van der Waals surface area contributed by atoms with Gasteiger partial charge in [-0.25, -0.2) is 0 Å². The van der Waals surface area contributed by atoms with Gasteiger partial charge in [0, 0.05) is 5.56 Å². The van der Waals surface area contributed by atoms with Gasteiger partial charge in [-0.1, -0.05) is 12.1 Å². The number of hydrogen-bond acceptors (Lipinski definition) is 3. The second kappa shape index (κ2) is 4.99. The number of ether oxygens (including phenoxy) is 1. The van der Waals surface area contributed by atoms with Crippen LogP contribution in [0, 0.1) is 5.41 Å². The largest absolute Gasteiger partial charge is 0.492 e. The topological polar surface area (TPSA) is 63.6 Å². The summed E-state index contributed by atoms with van der Waals surface area (Å²) in [4.78, 5) is 22.0. The summed E-state index contributed by atoms with van der Waals surface area (Å²) in [7, 11) is 0. The predicted molar refractivity (Wildman–Crippen MR) is 63.4 cm³/mol. The molecule has 0 aliphatic heterocycles. The molecule has 92 valence electrons. The third-order valence-corrected chi connectivity index (χ3v) is 2.42. The van der Waals surface area contributed by atoms with Crippen molar-refractivity contribution in [1.29, 1.82) is 0 Å². The minimum absolute atomic E-state index is 0.0482. The predicted octanol–water partition coefficient (Wildman–Crippen LogP) is 2.38. The van der Waals surface area contributed by atoms with E-state index in [0.717, 1.165) is 0 Å². The molecule has 1 aromatic rings. The maximum absolute atomic E-state index is 11.2. The lowest BCUT2D eigenvalue weighted by atomic mass is 9.95. The van der Waals surface area contributed by atoms with Gasteiger partial charge in [0.15, 0.2) is 5.78 Å². The molecule has 0 fully saturated rings. The molecule has 0 bridgehead atoms. The Bertz CT molecular complexity index is 435. The van der Waals surface area contributed by atoms with Crippen LogP contribution < -0.4 is 4.74 Å². The van der Waals surface area contributed by atoms with Gasteiger partial charge >= 0.3 is 5.97 Å². The number of benzene rings is 1. The molecule has 4 heteroatoms. The van der Waals surface area contributed by atoms with E-state index < -0.39 is 11.4 Å². The molecular formula is C13H16O4. The van der Waals surface area contributed by atoms with Crippen molar-refractivity contribution in [2.45, 2.75) is 20.8 Å². The van der Waals surface area contributed by atoms with Crippen LogP contribution in [0.25, 0.3) is 0 Å². The molecule has 0 amide bonds. The van der Waals surface area contributed by atoms with Gasteiger partial charge in [-0.2, -0.15) is 0 Å². The first kappa shape index (κ1) is 13.2. The van der Waals surface area contributed by atoms with Crippen molar-refractivity contribution < 1.29 is 19.4 Å². The van der Waals surface area contributed by atoms with Crippen molar-refractivity contribution in [2.75, 3.05) is 6.61 Å². The standard InChI is InChI=1S/C13H16O4/c1-9(14)10-5-4-6-11(7-10)17-8-13(2,3)12(15)16/h4-7H,8H2,1-3H3,(H,15,16). The van der Waals surface area contributed by atoms with Crippen LogP contribution in [-0.2, 0) is 4.79 Å². The van der Waals surface area contributed by atoms with E-state index >= 15 is 0 Å². The summed E-state index contributed by atoms with van der Waals surface area (Å²) < 4.78 is 5.39. The molecule has 0 saturated carbocycles. The Morgan fingerprint density at radius 2 is 2.00 bits per heavy atom. The first-order valence-corrected chi connectivity index (χ1v) is 5.30. The zero-order valence-corrected chi connectivity index (χ0v) is 10.2. The summed E-state index contributed by atoms with van der Waals surface area (Å²) in [5, 5.41) is 8.93. The van der Waals surface area contributed by atoms with Gasteiger partial charge < -0.3 is 9.84 Å². The lowest BCUT2D eigenvalue weighted by Gasteiger charge is -2.19. The number of carbonyl (C=O) groups excluding carboxylic acids is 1. The molecule has 0 aliphatic rings. The second-order valence-electron chi connectivity index (χ2n) is 4.56. The molecule has 0 spiro atoms. The van der Waals surface area contributed by atoms with Crippen LogP contribution in [0.3, 0.4) is 0 Å². The second-order valence-corrected chi connectivity index (χ2v) is 4.56. The molecule has 0 aliphatic carbocycles. The number of carboxylic acid groups (broad SMARTS) is 1. The molecule has 0 atom stereocenters. The fraction of sp³-hybridized carbons (Fsp3) is 0.385. The zero-order valence-electron chi connectivity index (χ0n) is 10.2. The van der Waals surface area contributed by atoms with Crippen LogP contribution in [0.4, 0.5) is 0 Å². The van der Waals surface area contributed by atoms with E-state index in [9.17, 15) is 9.59 Å². The fourth-order valence-electron chi connectivity index (χ4n) is 1.13. The quantitative estimate of drug-likeness (QED) is 0.797. The fourth-order valence-corrected chi connectivity index (χ4v) is 1.13. The number of carboxylic acids is 1. The van der Waals surface area contributed by atoms with E-state index in [2.05, 4.69) is 0 Å². The minimum atomic E-state index is -0.952. The molecule has 17 heavy (non-hydrogen) atoms. The average molecular weight is 236 g/mol. The first-order valence-electron chi connectivity index (χ1n) is 5.30. The molecule has 0 unspecified atom stereocenters. The molecule has 1 N–H and O–H groups in total. The summed E-state index contributed by atoms with van der Waals surface area (Å²) in [5.74, 6) is -0.458. The highest BCUT2D eigenvalue weighted by atomic mass is 16.5. The van der Waals surface area contributed by atoms with Gasteiger partial charge in [0.1, 0.15) is 12.4 Å². The van der Waals surface area contributed by atoms with Crippen molar-refractivity contribution in [3.63, 3.8) is 0 Å². The number of carbonyl (C=O) groups is 2. The molecule has 1 rings (SSSR count). The van der Waals surface area contributed by atoms with E-state index in [1.165, 1.54) is 6.92 Å². The van der Waals surface area contributed by atoms with Gasteiger partial charge in [-0.15, -0.1) is 0 Å². The minimum Gasteiger partial charge on any atom is -0.492 e. The number of hydrogen-bond donors (Lipinski definition) is 1. The zero-order chi connectivity index (χ0) is 13.1. The third kappa shape index (κ3) is 3.59. The number of rotatable bonds is 5. The van der Waals surface area contributed by atoms with Crippen LogP contribution in [0.15, 0.2) is 24.3 Å². The lowest BCUT2D eigenvalue weighted by molar-refractivity contribution is -0.148. The Kier molecular flexibility index (Phi) is 3.89. The monoisotopic (exact) mass is 236 g/mol. The maximum Gasteiger partial charge on any atom is 0.312 e. The maximum atomic E-state index is 11.2. The summed E-state index contributed by atoms with van der Waals surface area (Å²) in [6.07, 6.45) is 0. The van der Waals surface area contributed by atoms with E-state index in [0.29, 0.717) is 11.3 Å². The van der Waals surface area contributed by atoms with Crippen molar-refractivity contribution in [3.8, 4) is 5.75 Å². The molecule has 0 radical (unpaired) electrons. The van der Waals surface area contributed by atoms with Crippen molar-refractivity contribution >= 4 is 11.8 Å². The van der Waals surface area contributed by atoms with Crippen LogP contribution in [-0.4, -0.2) is 23.5 Å². The Morgan fingerprint density at radius 3 is 2.53 bits per heavy atom. The number of ketones is 1. The summed E-state index contributed by atoms with van der Waals surface area (Å²) in [6.45, 7) is 4.71. The Hall–Kier alpha value is -1.84. The molecule has 0 heterocycles. The highest BCUT2D eigenvalue weighted by Gasteiger charge is 2.28. The Morgan fingerprint density at radius 1 is 1.35 bits per heavy atom. The van der Waals surface area contributed by atoms with Gasteiger partial charge in [0.2, 0.25) is 0 Å². The van der Waals surface area contributed by atoms with Crippen LogP contribution in [0.5, 0.6) is 5.75 Å².